The quantitative estimate of drug-likeness (QED) is 0.689. The molecule has 7 nitrogen and oxygen atoms in total. The van der Waals surface area contributed by atoms with Crippen LogP contribution in [0.1, 0.15) is 74.8 Å². The monoisotopic (exact) mass is 497 g/mol. The molecule has 1 aromatic heterocycles. The van der Waals surface area contributed by atoms with Crippen LogP contribution in [0.2, 0.25) is 5.02 Å². The third-order valence-electron chi connectivity index (χ3n) is 8.55. The van der Waals surface area contributed by atoms with E-state index >= 15 is 0 Å². The lowest BCUT2D eigenvalue weighted by Gasteiger charge is -2.41. The van der Waals surface area contributed by atoms with E-state index in [0.717, 1.165) is 48.6 Å². The van der Waals surface area contributed by atoms with E-state index in [2.05, 4.69) is 47.6 Å². The fraction of sp³-hybridized carbons (Fsp3) is 0.593. The Morgan fingerprint density at radius 1 is 1.14 bits per heavy atom. The SMILES string of the molecule is C[C@@H]1C[C@@H](O)c2ncnc(N3CCN(C(=O)[C@@H](c4ccc(Cl)cc4)[C@@H]4CCC(C)(C)N4C)CC3)c21. The second-order valence-corrected chi connectivity index (χ2v) is 11.5. The minimum atomic E-state index is -0.516. The third kappa shape index (κ3) is 4.43. The van der Waals surface area contributed by atoms with Crippen molar-refractivity contribution in [2.45, 2.75) is 69.6 Å². The average Bonchev–Trinajstić information content (AvgIpc) is 3.29. The molecule has 0 saturated carbocycles. The fourth-order valence-electron chi connectivity index (χ4n) is 6.20. The standard InChI is InChI=1S/C27H36ClN5O2/c1-17-15-21(34)24-22(17)25(30-16-29-24)32-11-13-33(14-12-32)26(35)23(18-5-7-19(28)8-6-18)20-9-10-27(2,3)31(20)4/h5-8,16-17,20-21,23,34H,9-15H2,1-4H3/t17-,20+,21-,23+/m1/s1. The summed E-state index contributed by atoms with van der Waals surface area (Å²) in [4.78, 5) is 29.6. The number of halogens is 1. The number of carbonyl (C=O) groups is 1. The second-order valence-electron chi connectivity index (χ2n) is 11.0. The summed E-state index contributed by atoms with van der Waals surface area (Å²) < 4.78 is 0. The number of aliphatic hydroxyl groups excluding tert-OH is 1. The van der Waals surface area contributed by atoms with Crippen molar-refractivity contribution < 1.29 is 9.90 Å². The molecule has 4 atom stereocenters. The summed E-state index contributed by atoms with van der Waals surface area (Å²) in [6.45, 7) is 9.38. The van der Waals surface area contributed by atoms with Crippen molar-refractivity contribution in [3.63, 3.8) is 0 Å². The van der Waals surface area contributed by atoms with Crippen LogP contribution in [0.25, 0.3) is 0 Å². The van der Waals surface area contributed by atoms with Crippen molar-refractivity contribution >= 4 is 23.3 Å². The molecule has 1 amide bonds. The van der Waals surface area contributed by atoms with Gasteiger partial charge in [0.15, 0.2) is 0 Å². The Labute approximate surface area is 213 Å². The normalized spacial score (nSPS) is 27.2. The van der Waals surface area contributed by atoms with Gasteiger partial charge in [-0.3, -0.25) is 9.69 Å². The van der Waals surface area contributed by atoms with Crippen molar-refractivity contribution in [1.82, 2.24) is 19.8 Å². The topological polar surface area (TPSA) is 72.8 Å². The van der Waals surface area contributed by atoms with Crippen LogP contribution in [0.4, 0.5) is 5.82 Å². The van der Waals surface area contributed by atoms with Crippen molar-refractivity contribution in [3.8, 4) is 0 Å². The van der Waals surface area contributed by atoms with Crippen LogP contribution < -0.4 is 4.90 Å². The summed E-state index contributed by atoms with van der Waals surface area (Å²) >= 11 is 6.17. The molecule has 2 aromatic rings. The van der Waals surface area contributed by atoms with Gasteiger partial charge in [0.2, 0.25) is 5.91 Å². The number of fused-ring (bicyclic) bond motifs is 1. The van der Waals surface area contributed by atoms with E-state index in [0.29, 0.717) is 24.5 Å². The lowest BCUT2D eigenvalue weighted by molar-refractivity contribution is -0.134. The lowest BCUT2D eigenvalue weighted by Crippen LogP contribution is -2.53. The highest BCUT2D eigenvalue weighted by Gasteiger charge is 2.45. The fourth-order valence-corrected chi connectivity index (χ4v) is 6.33. The number of carbonyl (C=O) groups excluding carboxylic acids is 1. The Bertz CT molecular complexity index is 1080. The number of amides is 1. The predicted octanol–water partition coefficient (Wildman–Crippen LogP) is 3.98. The van der Waals surface area contributed by atoms with Gasteiger partial charge in [0, 0.05) is 48.3 Å². The van der Waals surface area contributed by atoms with Gasteiger partial charge in [0.25, 0.3) is 0 Å². The van der Waals surface area contributed by atoms with Crippen LogP contribution >= 0.6 is 11.6 Å². The first-order valence-electron chi connectivity index (χ1n) is 12.7. The Morgan fingerprint density at radius 2 is 1.83 bits per heavy atom. The highest BCUT2D eigenvalue weighted by Crippen LogP contribution is 2.43. The van der Waals surface area contributed by atoms with Crippen molar-refractivity contribution in [1.29, 1.82) is 0 Å². The first-order chi connectivity index (χ1) is 16.7. The maximum atomic E-state index is 14.0. The lowest BCUT2D eigenvalue weighted by atomic mass is 9.88. The van der Waals surface area contributed by atoms with Gasteiger partial charge in [-0.2, -0.15) is 0 Å². The van der Waals surface area contributed by atoms with Crippen LogP contribution in [0, 0.1) is 0 Å². The molecule has 0 unspecified atom stereocenters. The molecular weight excluding hydrogens is 462 g/mol. The minimum absolute atomic E-state index is 0.0724. The van der Waals surface area contributed by atoms with Gasteiger partial charge in [-0.25, -0.2) is 9.97 Å². The van der Waals surface area contributed by atoms with Gasteiger partial charge < -0.3 is 14.9 Å². The number of likely N-dealkylation sites (tertiary alicyclic amines) is 1. The number of rotatable bonds is 4. The van der Waals surface area contributed by atoms with Crippen LogP contribution in [-0.2, 0) is 4.79 Å². The molecular formula is C27H36ClN5O2. The zero-order valence-electron chi connectivity index (χ0n) is 21.1. The molecule has 1 N–H and O–H groups in total. The van der Waals surface area contributed by atoms with Gasteiger partial charge >= 0.3 is 0 Å². The minimum Gasteiger partial charge on any atom is -0.387 e. The molecule has 5 rings (SSSR count). The molecule has 2 aliphatic heterocycles. The van der Waals surface area contributed by atoms with Gasteiger partial charge in [-0.05, 0) is 63.8 Å². The molecule has 1 aromatic carbocycles. The molecule has 1 aliphatic carbocycles. The van der Waals surface area contributed by atoms with E-state index in [1.54, 1.807) is 6.33 Å². The van der Waals surface area contributed by atoms with Gasteiger partial charge in [-0.15, -0.1) is 0 Å². The summed E-state index contributed by atoms with van der Waals surface area (Å²) in [5, 5.41) is 11.0. The van der Waals surface area contributed by atoms with Gasteiger partial charge in [-0.1, -0.05) is 30.7 Å². The number of anilines is 1. The highest BCUT2D eigenvalue weighted by atomic mass is 35.5. The third-order valence-corrected chi connectivity index (χ3v) is 8.81. The Morgan fingerprint density at radius 3 is 2.46 bits per heavy atom. The number of piperazine rings is 1. The average molecular weight is 498 g/mol. The first-order valence-corrected chi connectivity index (χ1v) is 13.1. The summed E-state index contributed by atoms with van der Waals surface area (Å²) in [7, 11) is 2.15. The maximum absolute atomic E-state index is 14.0. The number of hydrogen-bond donors (Lipinski definition) is 1. The van der Waals surface area contributed by atoms with Crippen LogP contribution in [0.3, 0.4) is 0 Å². The van der Waals surface area contributed by atoms with Gasteiger partial charge in [0.1, 0.15) is 12.1 Å². The van der Waals surface area contributed by atoms with Crippen LogP contribution in [0.5, 0.6) is 0 Å². The summed E-state index contributed by atoms with van der Waals surface area (Å²) in [6, 6.07) is 7.96. The first kappa shape index (κ1) is 24.5. The van der Waals surface area contributed by atoms with E-state index in [9.17, 15) is 9.90 Å². The zero-order chi connectivity index (χ0) is 24.9. The smallest absolute Gasteiger partial charge is 0.231 e. The number of aliphatic hydroxyl groups is 1. The van der Waals surface area contributed by atoms with E-state index in [1.807, 2.05) is 29.2 Å². The maximum Gasteiger partial charge on any atom is 0.231 e. The number of likely N-dealkylation sites (N-methyl/N-ethyl adjacent to an activating group) is 1. The Hall–Kier alpha value is -2.22. The Kier molecular flexibility index (Phi) is 6.53. The van der Waals surface area contributed by atoms with Crippen molar-refractivity contribution in [2.75, 3.05) is 38.1 Å². The molecule has 0 bridgehead atoms. The van der Waals surface area contributed by atoms with Crippen LogP contribution in [0.15, 0.2) is 30.6 Å². The Balaban J connectivity index is 1.36. The van der Waals surface area contributed by atoms with Gasteiger partial charge in [0.05, 0.1) is 17.7 Å². The molecule has 3 aliphatic rings. The van der Waals surface area contributed by atoms with E-state index < -0.39 is 6.10 Å². The summed E-state index contributed by atoms with van der Waals surface area (Å²) in [6.07, 6.45) is 3.80. The summed E-state index contributed by atoms with van der Waals surface area (Å²) in [5.41, 5.74) is 2.93. The van der Waals surface area contributed by atoms with E-state index in [4.69, 9.17) is 11.6 Å². The zero-order valence-corrected chi connectivity index (χ0v) is 21.9. The molecule has 0 spiro atoms. The molecule has 8 heteroatoms. The molecule has 2 fully saturated rings. The molecule has 35 heavy (non-hydrogen) atoms. The largest absolute Gasteiger partial charge is 0.387 e. The van der Waals surface area contributed by atoms with Crippen molar-refractivity contribution in [3.05, 3.63) is 52.4 Å². The highest BCUT2D eigenvalue weighted by molar-refractivity contribution is 6.30. The second kappa shape index (κ2) is 9.34. The number of nitrogens with zero attached hydrogens (tertiary/aromatic N) is 5. The molecule has 2 saturated heterocycles. The van der Waals surface area contributed by atoms with E-state index in [-0.39, 0.29) is 29.3 Å². The van der Waals surface area contributed by atoms with Crippen LogP contribution in [-0.4, -0.2) is 75.6 Å². The molecule has 188 valence electrons. The molecule has 3 heterocycles. The van der Waals surface area contributed by atoms with Crippen molar-refractivity contribution in [2.24, 2.45) is 0 Å². The number of aromatic nitrogens is 2. The molecule has 0 radical (unpaired) electrons. The van der Waals surface area contributed by atoms with E-state index in [1.165, 1.54) is 0 Å². The number of hydrogen-bond acceptors (Lipinski definition) is 6. The summed E-state index contributed by atoms with van der Waals surface area (Å²) in [5.74, 6) is 1.12. The number of benzene rings is 1. The predicted molar refractivity (Wildman–Crippen MR) is 138 cm³/mol.